The van der Waals surface area contributed by atoms with E-state index in [4.69, 9.17) is 74.5 Å². The fourth-order valence-electron chi connectivity index (χ4n) is 9.39. The molecular formula is C44H60Cl4Cu2N8O16. The molecule has 4 aromatic rings. The summed E-state index contributed by atoms with van der Waals surface area (Å²) in [6.07, 6.45) is 23.6. The van der Waals surface area contributed by atoms with E-state index in [9.17, 15) is 0 Å². The maximum absolute atomic E-state index is 8.49. The van der Waals surface area contributed by atoms with Gasteiger partial charge in [0.1, 0.15) is 0 Å². The molecule has 4 atom stereocenters. The van der Waals surface area contributed by atoms with Gasteiger partial charge in [0, 0.05) is 75.1 Å². The van der Waals surface area contributed by atoms with Crippen molar-refractivity contribution < 1.29 is 150 Å². The fourth-order valence-corrected chi connectivity index (χ4v) is 9.39. The third kappa shape index (κ3) is 34.7. The largest absolute Gasteiger partial charge is 2.00 e. The molecule has 0 aliphatic carbocycles. The first kappa shape index (κ1) is 70.0. The minimum Gasteiger partial charge on any atom is -0.293 e. The molecule has 8 rings (SSSR count). The zero-order valence-corrected chi connectivity index (χ0v) is 44.8. The summed E-state index contributed by atoms with van der Waals surface area (Å²) < 4.78 is 136. The summed E-state index contributed by atoms with van der Waals surface area (Å²) in [6.45, 7) is 8.76. The van der Waals surface area contributed by atoms with Gasteiger partial charge in [-0.25, -0.2) is 74.5 Å². The van der Waals surface area contributed by atoms with Crippen LogP contribution in [0.2, 0.25) is 0 Å². The molecule has 0 spiro atoms. The van der Waals surface area contributed by atoms with Crippen LogP contribution in [0.15, 0.2) is 97.6 Å². The summed E-state index contributed by atoms with van der Waals surface area (Å²) in [5.41, 5.74) is 4.80. The minimum absolute atomic E-state index is 0. The van der Waals surface area contributed by atoms with Crippen LogP contribution in [0.4, 0.5) is 0 Å². The number of nitrogens with zero attached hydrogens (tertiary/aromatic N) is 8. The molecule has 0 saturated carbocycles. The van der Waals surface area contributed by atoms with Crippen LogP contribution >= 0.6 is 0 Å². The predicted molar refractivity (Wildman–Crippen MR) is 209 cm³/mol. The van der Waals surface area contributed by atoms with E-state index in [2.05, 4.69) is 88.1 Å². The van der Waals surface area contributed by atoms with Crippen molar-refractivity contribution in [2.75, 3.05) is 26.2 Å². The van der Waals surface area contributed by atoms with E-state index in [0.717, 1.165) is 26.2 Å². The molecule has 4 aliphatic heterocycles. The van der Waals surface area contributed by atoms with Crippen LogP contribution in [0.5, 0.6) is 0 Å². The zero-order valence-electron chi connectivity index (χ0n) is 39.9. The summed E-state index contributed by atoms with van der Waals surface area (Å²) >= 11 is 0. The number of rotatable bonds is 10. The molecule has 74 heavy (non-hydrogen) atoms. The standard InChI is InChI=1S/2C22H30N4.4ClHO4.2Cu/c2*1-5-13-23-19(9-1)17-25-15-7-3-11-21(25)22-12-4-8-16-26(22)18-20-10-2-6-14-24-20;4*2-1(3,4)5;;/h2*1-2,5-6,9-10,13-14,21-22H,3-4,7-8,11-12,15-18H2;4*(H,2,3,4,5);;/q;;;;;;2*+2/p-4/t2*21-,22+;;;;;;. The summed E-state index contributed by atoms with van der Waals surface area (Å²) in [7, 11) is -19.8. The van der Waals surface area contributed by atoms with Crippen molar-refractivity contribution in [3.63, 3.8) is 0 Å². The van der Waals surface area contributed by atoms with E-state index in [1.54, 1.807) is 0 Å². The Kier molecular flexibility index (Phi) is 34.3. The van der Waals surface area contributed by atoms with Crippen molar-refractivity contribution in [3.05, 3.63) is 120 Å². The molecule has 4 saturated heterocycles. The van der Waals surface area contributed by atoms with Crippen LogP contribution in [0.25, 0.3) is 0 Å². The SMILES string of the molecule is [Cu+2].[Cu+2].[O-][Cl+3]([O-])([O-])[O-].[O-][Cl+3]([O-])([O-])[O-].[O-][Cl+3]([O-])([O-])[O-].[O-][Cl+3]([O-])([O-])[O-].c1ccc(CN2CCCC[C@@H]2[C@@H]2CCCCN2Cc2ccccn2)nc1.c1ccc(CN2CCCC[C@@H]2[C@@H]2CCCCN2Cc2ccccn2)nc1. The second-order valence-corrected chi connectivity index (χ2v) is 20.0. The third-order valence-corrected chi connectivity index (χ3v) is 11.9. The number of hydrogen-bond acceptors (Lipinski definition) is 24. The molecule has 0 N–H and O–H groups in total. The summed E-state index contributed by atoms with van der Waals surface area (Å²) in [6, 6.07) is 27.7. The van der Waals surface area contributed by atoms with Gasteiger partial charge in [0.15, 0.2) is 0 Å². The van der Waals surface area contributed by atoms with E-state index in [1.807, 2.05) is 49.1 Å². The Balaban J connectivity index is 0.000000533. The molecule has 0 unspecified atom stereocenters. The van der Waals surface area contributed by atoms with Crippen molar-refractivity contribution in [2.45, 2.75) is 127 Å². The first-order chi connectivity index (χ1) is 33.8. The van der Waals surface area contributed by atoms with Gasteiger partial charge < -0.3 is 0 Å². The van der Waals surface area contributed by atoms with Gasteiger partial charge in [0.2, 0.25) is 0 Å². The third-order valence-electron chi connectivity index (χ3n) is 11.9. The van der Waals surface area contributed by atoms with Crippen molar-refractivity contribution in [3.8, 4) is 0 Å². The van der Waals surface area contributed by atoms with Crippen LogP contribution in [0, 0.1) is 41.0 Å². The van der Waals surface area contributed by atoms with Crippen LogP contribution in [-0.4, -0.2) is 89.9 Å². The minimum atomic E-state index is -4.94. The smallest absolute Gasteiger partial charge is 0.293 e. The van der Waals surface area contributed by atoms with Gasteiger partial charge in [-0.2, -0.15) is 0 Å². The molecule has 2 radical (unpaired) electrons. The number of aromatic nitrogens is 4. The van der Waals surface area contributed by atoms with Crippen LogP contribution in [-0.2, 0) is 60.3 Å². The molecule has 4 fully saturated rings. The fraction of sp³-hybridized carbons (Fsp3) is 0.545. The Labute approximate surface area is 460 Å². The Bertz CT molecular complexity index is 1710. The average Bonchev–Trinajstić information content (AvgIpc) is 3.29. The average molecular weight is 1230 g/mol. The zero-order chi connectivity index (χ0) is 53.2. The number of piperidine rings is 4. The first-order valence-corrected chi connectivity index (χ1v) is 27.8. The molecule has 4 aromatic heterocycles. The van der Waals surface area contributed by atoms with Crippen LogP contribution < -0.4 is 74.5 Å². The van der Waals surface area contributed by atoms with Gasteiger partial charge in [-0.3, -0.25) is 39.5 Å². The quantitative estimate of drug-likeness (QED) is 0.133. The second-order valence-electron chi connectivity index (χ2n) is 16.9. The molecule has 8 heterocycles. The van der Waals surface area contributed by atoms with Crippen molar-refractivity contribution >= 4 is 0 Å². The Morgan fingerprint density at radius 1 is 0.311 bits per heavy atom. The van der Waals surface area contributed by atoms with Gasteiger partial charge in [0.25, 0.3) is 0 Å². The number of hydrogen-bond donors (Lipinski definition) is 0. The van der Waals surface area contributed by atoms with E-state index in [1.165, 1.54) is 126 Å². The van der Waals surface area contributed by atoms with Crippen molar-refractivity contribution in [1.82, 2.24) is 39.5 Å². The van der Waals surface area contributed by atoms with Crippen LogP contribution in [0.3, 0.4) is 0 Å². The molecule has 24 nitrogen and oxygen atoms in total. The van der Waals surface area contributed by atoms with E-state index < -0.39 is 41.0 Å². The number of halogens is 4. The van der Waals surface area contributed by atoms with Crippen LogP contribution in [0.1, 0.15) is 99.8 Å². The monoisotopic (exact) mass is 1220 g/mol. The van der Waals surface area contributed by atoms with Gasteiger partial charge in [0.05, 0.1) is 22.8 Å². The maximum atomic E-state index is 8.49. The Morgan fingerprint density at radius 2 is 0.486 bits per heavy atom. The predicted octanol–water partition coefficient (Wildman–Crippen LogP) is -11.3. The molecule has 0 aromatic carbocycles. The Morgan fingerprint density at radius 3 is 0.635 bits per heavy atom. The molecule has 30 heteroatoms. The van der Waals surface area contributed by atoms with Crippen molar-refractivity contribution in [2.24, 2.45) is 0 Å². The van der Waals surface area contributed by atoms with E-state index in [0.29, 0.717) is 24.2 Å². The summed E-state index contributed by atoms with van der Waals surface area (Å²) in [4.78, 5) is 29.1. The molecule has 422 valence electrons. The molecular weight excluding hydrogens is 1170 g/mol. The first-order valence-electron chi connectivity index (χ1n) is 22.8. The Hall–Kier alpha value is -2.00. The normalized spacial score (nSPS) is 21.0. The van der Waals surface area contributed by atoms with Gasteiger partial charge >= 0.3 is 34.1 Å². The number of likely N-dealkylation sites (tertiary alicyclic amines) is 4. The van der Waals surface area contributed by atoms with Gasteiger partial charge in [-0.15, -0.1) is 41.0 Å². The number of pyridine rings is 4. The topological polar surface area (TPSA) is 433 Å². The molecule has 0 amide bonds. The summed E-state index contributed by atoms with van der Waals surface area (Å²) in [5.74, 6) is 0. The maximum Gasteiger partial charge on any atom is 2.00 e. The second kappa shape index (κ2) is 36.2. The van der Waals surface area contributed by atoms with Gasteiger partial charge in [-0.1, -0.05) is 49.9 Å². The molecule has 4 aliphatic rings. The van der Waals surface area contributed by atoms with E-state index in [-0.39, 0.29) is 34.1 Å². The summed E-state index contributed by atoms with van der Waals surface area (Å²) in [5, 5.41) is 0. The van der Waals surface area contributed by atoms with Gasteiger partial charge in [-0.05, 0) is 126 Å². The molecule has 0 bridgehead atoms. The van der Waals surface area contributed by atoms with Crippen molar-refractivity contribution in [1.29, 1.82) is 0 Å². The van der Waals surface area contributed by atoms with E-state index >= 15 is 0 Å².